The number of hydrogen-bond acceptors (Lipinski definition) is 4. The molecule has 0 saturated heterocycles. The van der Waals surface area contributed by atoms with Crippen molar-refractivity contribution in [3.63, 3.8) is 0 Å². The van der Waals surface area contributed by atoms with Crippen molar-refractivity contribution in [3.8, 4) is 0 Å². The van der Waals surface area contributed by atoms with Gasteiger partial charge in [-0.2, -0.15) is 0 Å². The zero-order valence-corrected chi connectivity index (χ0v) is 18.7. The molecule has 32 heavy (non-hydrogen) atoms. The van der Waals surface area contributed by atoms with Gasteiger partial charge in [0.15, 0.2) is 5.16 Å². The number of halogens is 1. The Morgan fingerprint density at radius 2 is 1.62 bits per heavy atom. The van der Waals surface area contributed by atoms with Crippen LogP contribution in [0.25, 0.3) is 11.0 Å². The number of anilines is 1. The van der Waals surface area contributed by atoms with Crippen LogP contribution in [0.15, 0.2) is 84.0 Å². The fourth-order valence-corrected chi connectivity index (χ4v) is 4.22. The van der Waals surface area contributed by atoms with Crippen molar-refractivity contribution in [1.29, 1.82) is 0 Å². The maximum atomic E-state index is 12.7. The van der Waals surface area contributed by atoms with Gasteiger partial charge in [-0.1, -0.05) is 78.0 Å². The van der Waals surface area contributed by atoms with Gasteiger partial charge in [0.1, 0.15) is 6.54 Å². The number of aromatic nitrogens is 2. The van der Waals surface area contributed by atoms with Crippen molar-refractivity contribution in [2.75, 3.05) is 11.1 Å². The van der Waals surface area contributed by atoms with Crippen LogP contribution in [0, 0.1) is 0 Å². The molecule has 0 aliphatic heterocycles. The second kappa shape index (κ2) is 10.3. The Labute approximate surface area is 195 Å². The Bertz CT molecular complexity index is 1240. The van der Waals surface area contributed by atoms with Gasteiger partial charge in [0.05, 0.1) is 27.5 Å². The highest BCUT2D eigenvalue weighted by molar-refractivity contribution is 7.99. The molecule has 0 aliphatic rings. The number of imidazole rings is 1. The van der Waals surface area contributed by atoms with Gasteiger partial charge in [-0.05, 0) is 29.8 Å². The highest BCUT2D eigenvalue weighted by Crippen LogP contribution is 2.25. The first-order valence-corrected chi connectivity index (χ1v) is 11.4. The number of rotatable bonds is 8. The molecule has 0 fully saturated rings. The summed E-state index contributed by atoms with van der Waals surface area (Å²) in [6.07, 6.45) is 0. The number of carbonyl (C=O) groups excluding carboxylic acids is 2. The number of carbonyl (C=O) groups is 2. The summed E-state index contributed by atoms with van der Waals surface area (Å²) in [5, 5.41) is 6.83. The second-order valence-electron chi connectivity index (χ2n) is 7.05. The molecule has 4 rings (SSSR count). The van der Waals surface area contributed by atoms with Crippen molar-refractivity contribution < 1.29 is 9.59 Å². The van der Waals surface area contributed by atoms with Crippen molar-refractivity contribution >= 4 is 51.9 Å². The smallest absolute Gasteiger partial charge is 0.244 e. The molecule has 3 aromatic carbocycles. The van der Waals surface area contributed by atoms with E-state index in [1.165, 1.54) is 11.8 Å². The predicted octanol–water partition coefficient (Wildman–Crippen LogP) is 4.74. The number of thioether (sulfide) groups is 1. The van der Waals surface area contributed by atoms with E-state index in [2.05, 4.69) is 15.6 Å². The average Bonchev–Trinajstić information content (AvgIpc) is 3.16. The SMILES string of the molecule is O=C(CSc1nc2ccccc2n1CC(=O)Nc1ccccc1Cl)NCc1ccccc1. The number of fused-ring (bicyclic) bond motifs is 1. The molecule has 0 bridgehead atoms. The number of hydrogen-bond donors (Lipinski definition) is 2. The van der Waals surface area contributed by atoms with Crippen LogP contribution < -0.4 is 10.6 Å². The van der Waals surface area contributed by atoms with E-state index in [-0.39, 0.29) is 24.1 Å². The first-order chi connectivity index (χ1) is 15.6. The van der Waals surface area contributed by atoms with Crippen LogP contribution >= 0.6 is 23.4 Å². The summed E-state index contributed by atoms with van der Waals surface area (Å²) in [5.41, 5.74) is 3.19. The molecule has 0 spiro atoms. The Kier molecular flexibility index (Phi) is 7.09. The quantitative estimate of drug-likeness (QED) is 0.369. The summed E-state index contributed by atoms with van der Waals surface area (Å²) in [4.78, 5) is 29.7. The summed E-state index contributed by atoms with van der Waals surface area (Å²) < 4.78 is 1.82. The molecule has 4 aromatic rings. The lowest BCUT2D eigenvalue weighted by Crippen LogP contribution is -2.25. The zero-order valence-electron chi connectivity index (χ0n) is 17.1. The van der Waals surface area contributed by atoms with Crippen LogP contribution in [0.3, 0.4) is 0 Å². The van der Waals surface area contributed by atoms with E-state index >= 15 is 0 Å². The molecule has 0 atom stereocenters. The Morgan fingerprint density at radius 3 is 2.44 bits per heavy atom. The molecule has 2 N–H and O–H groups in total. The number of nitrogens with zero attached hydrogens (tertiary/aromatic N) is 2. The molecule has 6 nitrogen and oxygen atoms in total. The van der Waals surface area contributed by atoms with Crippen LogP contribution in [-0.4, -0.2) is 27.1 Å². The molecule has 1 aromatic heterocycles. The monoisotopic (exact) mass is 464 g/mol. The van der Waals surface area contributed by atoms with Crippen LogP contribution in [0.4, 0.5) is 5.69 Å². The van der Waals surface area contributed by atoms with E-state index < -0.39 is 0 Å². The van der Waals surface area contributed by atoms with E-state index in [9.17, 15) is 9.59 Å². The second-order valence-corrected chi connectivity index (χ2v) is 8.40. The molecule has 8 heteroatoms. The van der Waals surface area contributed by atoms with Gasteiger partial charge in [-0.25, -0.2) is 4.98 Å². The normalized spacial score (nSPS) is 10.8. The summed E-state index contributed by atoms with van der Waals surface area (Å²) >= 11 is 7.45. The van der Waals surface area contributed by atoms with Crippen molar-refractivity contribution in [3.05, 3.63) is 89.4 Å². The molecular weight excluding hydrogens is 444 g/mol. The molecular formula is C24H21ClN4O2S. The van der Waals surface area contributed by atoms with Gasteiger partial charge in [-0.15, -0.1) is 0 Å². The lowest BCUT2D eigenvalue weighted by Gasteiger charge is -2.11. The van der Waals surface area contributed by atoms with E-state index in [1.807, 2.05) is 65.2 Å². The lowest BCUT2D eigenvalue weighted by molar-refractivity contribution is -0.118. The van der Waals surface area contributed by atoms with Crippen LogP contribution in [-0.2, 0) is 22.7 Å². The van der Waals surface area contributed by atoms with Crippen molar-refractivity contribution in [2.45, 2.75) is 18.2 Å². The van der Waals surface area contributed by atoms with Crippen LogP contribution in [0.1, 0.15) is 5.56 Å². The fraction of sp³-hybridized carbons (Fsp3) is 0.125. The van der Waals surface area contributed by atoms with Crippen LogP contribution in [0.2, 0.25) is 5.02 Å². The Balaban J connectivity index is 1.44. The molecule has 2 amide bonds. The topological polar surface area (TPSA) is 76.0 Å². The number of amides is 2. The van der Waals surface area contributed by atoms with E-state index in [4.69, 9.17) is 11.6 Å². The van der Waals surface area contributed by atoms with Crippen molar-refractivity contribution in [2.24, 2.45) is 0 Å². The van der Waals surface area contributed by atoms with Crippen LogP contribution in [0.5, 0.6) is 0 Å². The molecule has 0 unspecified atom stereocenters. The highest BCUT2D eigenvalue weighted by Gasteiger charge is 2.16. The minimum Gasteiger partial charge on any atom is -0.351 e. The molecule has 0 aliphatic carbocycles. The third-order valence-corrected chi connectivity index (χ3v) is 6.04. The summed E-state index contributed by atoms with van der Waals surface area (Å²) in [5.74, 6) is -0.128. The fourth-order valence-electron chi connectivity index (χ4n) is 3.19. The van der Waals surface area contributed by atoms with E-state index in [0.29, 0.717) is 22.4 Å². The van der Waals surface area contributed by atoms with Crippen molar-refractivity contribution in [1.82, 2.24) is 14.9 Å². The lowest BCUT2D eigenvalue weighted by atomic mass is 10.2. The molecule has 0 saturated carbocycles. The summed E-state index contributed by atoms with van der Waals surface area (Å²) in [6, 6.07) is 24.4. The standard InChI is InChI=1S/C24H21ClN4O2S/c25-18-10-4-5-11-19(18)27-22(30)15-29-21-13-7-6-12-20(21)28-24(29)32-16-23(31)26-14-17-8-2-1-3-9-17/h1-13H,14-16H2,(H,26,31)(H,27,30). The average molecular weight is 465 g/mol. The molecule has 162 valence electrons. The van der Waals surface area contributed by atoms with Gasteiger partial charge in [0.2, 0.25) is 11.8 Å². The number of benzene rings is 3. The molecule has 1 heterocycles. The van der Waals surface area contributed by atoms with E-state index in [0.717, 1.165) is 16.6 Å². The minimum atomic E-state index is -0.225. The summed E-state index contributed by atoms with van der Waals surface area (Å²) in [7, 11) is 0. The maximum absolute atomic E-state index is 12.7. The van der Waals surface area contributed by atoms with Gasteiger partial charge in [0, 0.05) is 6.54 Å². The number of para-hydroxylation sites is 3. The number of nitrogens with one attached hydrogen (secondary N) is 2. The predicted molar refractivity (Wildman–Crippen MR) is 129 cm³/mol. The maximum Gasteiger partial charge on any atom is 0.244 e. The first-order valence-electron chi connectivity index (χ1n) is 10.0. The van der Waals surface area contributed by atoms with Gasteiger partial charge in [0.25, 0.3) is 0 Å². The Hall–Kier alpha value is -3.29. The first kappa shape index (κ1) is 21.9. The largest absolute Gasteiger partial charge is 0.351 e. The third kappa shape index (κ3) is 5.49. The van der Waals surface area contributed by atoms with Gasteiger partial charge in [-0.3, -0.25) is 9.59 Å². The van der Waals surface area contributed by atoms with Gasteiger partial charge < -0.3 is 15.2 Å². The summed E-state index contributed by atoms with van der Waals surface area (Å²) in [6.45, 7) is 0.524. The minimum absolute atomic E-state index is 0.0553. The third-order valence-electron chi connectivity index (χ3n) is 4.73. The van der Waals surface area contributed by atoms with Gasteiger partial charge >= 0.3 is 0 Å². The van der Waals surface area contributed by atoms with E-state index in [1.54, 1.807) is 18.2 Å². The molecule has 0 radical (unpaired) electrons. The Morgan fingerprint density at radius 1 is 0.906 bits per heavy atom. The highest BCUT2D eigenvalue weighted by atomic mass is 35.5. The zero-order chi connectivity index (χ0) is 22.3.